The zero-order valence-corrected chi connectivity index (χ0v) is 26.9. The molecule has 0 aromatic rings. The molecular weight excluding hydrogens is 536 g/mol. The first-order chi connectivity index (χ1) is 18.1. The fourth-order valence-corrected chi connectivity index (χ4v) is 5.88. The van der Waals surface area contributed by atoms with Gasteiger partial charge in [-0.3, -0.25) is 24.0 Å². The van der Waals surface area contributed by atoms with Crippen LogP contribution in [-0.4, -0.2) is 83.5 Å². The number of carbonyl (C=O) groups excluding carboxylic acids is 5. The Bertz CT molecular complexity index is 790. The molecule has 0 spiro atoms. The number of likely N-dealkylation sites (N-methyl/N-ethyl adjacent to an activating group) is 1. The number of rotatable bonds is 22. The number of Topliss-reactive ketones (excluding diaryl/α,β-unsaturated/α-hetero) is 2. The van der Waals surface area contributed by atoms with E-state index >= 15 is 0 Å². The summed E-state index contributed by atoms with van der Waals surface area (Å²) in [6.45, 7) is 14.9. The van der Waals surface area contributed by atoms with E-state index < -0.39 is 6.04 Å². The average Bonchev–Trinajstić information content (AvgIpc) is 2.84. The fourth-order valence-electron chi connectivity index (χ4n) is 3.40. The molecule has 0 heterocycles. The quantitative estimate of drug-likeness (QED) is 0.129. The molecular formula is C28H52N4O5S2. The molecule has 0 aromatic carbocycles. The predicted molar refractivity (Wildman–Crippen MR) is 163 cm³/mol. The molecule has 0 aliphatic carbocycles. The number of amides is 3. The molecule has 0 fully saturated rings. The summed E-state index contributed by atoms with van der Waals surface area (Å²) in [6, 6.07) is -0.226. The van der Waals surface area contributed by atoms with Gasteiger partial charge in [0.15, 0.2) is 5.78 Å². The van der Waals surface area contributed by atoms with Gasteiger partial charge in [0.1, 0.15) is 5.78 Å². The summed E-state index contributed by atoms with van der Waals surface area (Å²) in [5, 5.41) is 8.82. The smallest absolute Gasteiger partial charge is 0.240 e. The number of ketones is 2. The van der Waals surface area contributed by atoms with Crippen molar-refractivity contribution in [3.05, 3.63) is 0 Å². The molecule has 0 saturated carbocycles. The van der Waals surface area contributed by atoms with Crippen molar-refractivity contribution >= 4 is 50.9 Å². The van der Waals surface area contributed by atoms with Crippen molar-refractivity contribution < 1.29 is 24.0 Å². The number of hydrogen-bond acceptors (Lipinski definition) is 8. The highest BCUT2D eigenvalue weighted by atomic mass is 33.1. The Kier molecular flexibility index (Phi) is 19.5. The van der Waals surface area contributed by atoms with E-state index in [2.05, 4.69) is 29.8 Å². The summed E-state index contributed by atoms with van der Waals surface area (Å²) in [5.74, 6) is 0.369. The van der Waals surface area contributed by atoms with E-state index in [4.69, 9.17) is 0 Å². The van der Waals surface area contributed by atoms with Crippen molar-refractivity contribution in [2.24, 2.45) is 5.92 Å². The molecule has 1 atom stereocenters. The van der Waals surface area contributed by atoms with E-state index in [1.807, 2.05) is 27.7 Å². The summed E-state index contributed by atoms with van der Waals surface area (Å²) in [5.41, 5.74) is 0. The van der Waals surface area contributed by atoms with Gasteiger partial charge < -0.3 is 20.9 Å². The van der Waals surface area contributed by atoms with Crippen LogP contribution in [-0.2, 0) is 24.0 Å². The predicted octanol–water partition coefficient (Wildman–Crippen LogP) is 3.75. The molecule has 0 saturated heterocycles. The summed E-state index contributed by atoms with van der Waals surface area (Å²) >= 11 is 0. The molecule has 0 unspecified atom stereocenters. The second-order valence-electron chi connectivity index (χ2n) is 11.2. The number of hydrogen-bond donors (Lipinski definition) is 3. The molecule has 0 aliphatic rings. The lowest BCUT2D eigenvalue weighted by Gasteiger charge is -2.23. The van der Waals surface area contributed by atoms with Gasteiger partial charge >= 0.3 is 0 Å². The lowest BCUT2D eigenvalue weighted by molar-refractivity contribution is -0.135. The normalized spacial score (nSPS) is 12.4. The highest BCUT2D eigenvalue weighted by Crippen LogP contribution is 2.38. The first-order valence-electron chi connectivity index (χ1n) is 14.0. The zero-order chi connectivity index (χ0) is 30.0. The third-order valence-corrected chi connectivity index (χ3v) is 9.32. The Morgan fingerprint density at radius 2 is 1.54 bits per heavy atom. The maximum atomic E-state index is 12.4. The van der Waals surface area contributed by atoms with Crippen LogP contribution < -0.4 is 16.0 Å². The summed E-state index contributed by atoms with van der Waals surface area (Å²) < 4.78 is -0.0741. The van der Waals surface area contributed by atoms with Gasteiger partial charge in [0.2, 0.25) is 17.7 Å². The minimum atomic E-state index is -0.593. The van der Waals surface area contributed by atoms with Gasteiger partial charge in [-0.15, -0.1) is 0 Å². The van der Waals surface area contributed by atoms with E-state index in [1.165, 1.54) is 4.90 Å². The molecule has 0 aliphatic heterocycles. The molecule has 0 bridgehead atoms. The third-order valence-electron chi connectivity index (χ3n) is 5.97. The molecule has 0 radical (unpaired) electrons. The highest BCUT2D eigenvalue weighted by molar-refractivity contribution is 8.77. The van der Waals surface area contributed by atoms with E-state index in [-0.39, 0.29) is 52.9 Å². The highest BCUT2D eigenvalue weighted by Gasteiger charge is 2.21. The van der Waals surface area contributed by atoms with Gasteiger partial charge in [-0.25, -0.2) is 0 Å². The largest absolute Gasteiger partial charge is 0.355 e. The van der Waals surface area contributed by atoms with Crippen LogP contribution in [0.1, 0.15) is 93.4 Å². The van der Waals surface area contributed by atoms with Crippen LogP contribution in [0, 0.1) is 5.92 Å². The lowest BCUT2D eigenvalue weighted by atomic mass is 10.0. The molecule has 226 valence electrons. The number of nitrogens with zero attached hydrogens (tertiary/aromatic N) is 1. The minimum absolute atomic E-state index is 0.0154. The number of nitrogens with one attached hydrogen (secondary N) is 3. The van der Waals surface area contributed by atoms with Crippen molar-refractivity contribution in [2.75, 3.05) is 32.4 Å². The molecule has 39 heavy (non-hydrogen) atoms. The van der Waals surface area contributed by atoms with Gasteiger partial charge in [-0.05, 0) is 46.6 Å². The van der Waals surface area contributed by atoms with Crippen molar-refractivity contribution in [1.29, 1.82) is 0 Å². The Morgan fingerprint density at radius 3 is 2.15 bits per heavy atom. The van der Waals surface area contributed by atoms with Gasteiger partial charge in [0, 0.05) is 61.7 Å². The standard InChI is InChI=1S/C28H52N4O5S2/c1-20(2)27(37)30-17-18-38-39-28(6,7)15-14-23(33)11-9-13-26(36)32(8)19-25(35)31-22(5)24(34)12-10-16-29-21(3)4/h20-22,29H,9-19H2,1-8H3,(H,30,37)(H,31,35)/t22-/m0/s1. The van der Waals surface area contributed by atoms with E-state index in [0.29, 0.717) is 44.7 Å². The first kappa shape index (κ1) is 37.4. The Balaban J connectivity index is 4.12. The maximum Gasteiger partial charge on any atom is 0.240 e. The van der Waals surface area contributed by atoms with Crippen LogP contribution in [0.25, 0.3) is 0 Å². The van der Waals surface area contributed by atoms with Crippen molar-refractivity contribution in [3.8, 4) is 0 Å². The van der Waals surface area contributed by atoms with Gasteiger partial charge in [-0.2, -0.15) is 0 Å². The topological polar surface area (TPSA) is 125 Å². The Labute approximate surface area is 243 Å². The van der Waals surface area contributed by atoms with Crippen LogP contribution in [0.3, 0.4) is 0 Å². The number of carbonyl (C=O) groups is 5. The van der Waals surface area contributed by atoms with Crippen molar-refractivity contribution in [2.45, 2.75) is 110 Å². The van der Waals surface area contributed by atoms with Crippen molar-refractivity contribution in [3.63, 3.8) is 0 Å². The molecule has 3 amide bonds. The van der Waals surface area contributed by atoms with Crippen LogP contribution in [0.15, 0.2) is 0 Å². The second-order valence-corrected chi connectivity index (χ2v) is 14.3. The maximum absolute atomic E-state index is 12.4. The monoisotopic (exact) mass is 588 g/mol. The summed E-state index contributed by atoms with van der Waals surface area (Å²) in [7, 11) is 4.97. The first-order valence-corrected chi connectivity index (χ1v) is 16.4. The van der Waals surface area contributed by atoms with E-state index in [0.717, 1.165) is 18.7 Å². The molecule has 3 N–H and O–H groups in total. The summed E-state index contributed by atoms with van der Waals surface area (Å²) in [6.07, 6.45) is 3.26. The van der Waals surface area contributed by atoms with Crippen LogP contribution in [0.2, 0.25) is 0 Å². The molecule has 0 rings (SSSR count). The molecule has 11 heteroatoms. The van der Waals surface area contributed by atoms with Gasteiger partial charge in [0.05, 0.1) is 12.6 Å². The molecule has 9 nitrogen and oxygen atoms in total. The van der Waals surface area contributed by atoms with Crippen molar-refractivity contribution in [1.82, 2.24) is 20.9 Å². The average molecular weight is 589 g/mol. The lowest BCUT2D eigenvalue weighted by Crippen LogP contribution is -2.44. The van der Waals surface area contributed by atoms with E-state index in [1.54, 1.807) is 35.6 Å². The van der Waals surface area contributed by atoms with Crippen LogP contribution in [0.5, 0.6) is 0 Å². The zero-order valence-electron chi connectivity index (χ0n) is 25.3. The Hall–Kier alpha value is -1.59. The Morgan fingerprint density at radius 1 is 0.872 bits per heavy atom. The van der Waals surface area contributed by atoms with Gasteiger partial charge in [-0.1, -0.05) is 49.3 Å². The fraction of sp³-hybridized carbons (Fsp3) is 0.821. The van der Waals surface area contributed by atoms with Crippen LogP contribution in [0.4, 0.5) is 0 Å². The van der Waals surface area contributed by atoms with E-state index in [9.17, 15) is 24.0 Å². The minimum Gasteiger partial charge on any atom is -0.355 e. The molecule has 0 aromatic heterocycles. The second kappa shape index (κ2) is 20.3. The van der Waals surface area contributed by atoms with Gasteiger partial charge in [0.25, 0.3) is 0 Å². The third kappa shape index (κ3) is 20.0. The SMILES string of the molecule is CC(C)NCCCC(=O)[C@H](C)NC(=O)CN(C)C(=O)CCCC(=O)CCC(C)(C)SSCCNC(=O)C(C)C. The summed E-state index contributed by atoms with van der Waals surface area (Å²) in [4.78, 5) is 62.2. The van der Waals surface area contributed by atoms with Crippen LogP contribution >= 0.6 is 21.6 Å².